The molecular weight excluding hydrogens is 265 g/mol. The smallest absolute Gasteiger partial charge is 0.146 e. The van der Waals surface area contributed by atoms with Gasteiger partial charge in [0.05, 0.1) is 5.69 Å². The van der Waals surface area contributed by atoms with E-state index in [0.29, 0.717) is 5.69 Å². The SMILES string of the molecule is CNC(C)c1ccc(N(C)CCc2ccccn2)c(F)c1. The van der Waals surface area contributed by atoms with Gasteiger partial charge >= 0.3 is 0 Å². The molecule has 0 radical (unpaired) electrons. The fourth-order valence-electron chi connectivity index (χ4n) is 2.22. The summed E-state index contributed by atoms with van der Waals surface area (Å²) >= 11 is 0. The average Bonchev–Trinajstić information content (AvgIpc) is 2.52. The number of halogens is 1. The van der Waals surface area contributed by atoms with E-state index in [1.165, 1.54) is 0 Å². The number of nitrogens with zero attached hydrogens (tertiary/aromatic N) is 2. The van der Waals surface area contributed by atoms with E-state index >= 15 is 0 Å². The first-order chi connectivity index (χ1) is 10.1. The summed E-state index contributed by atoms with van der Waals surface area (Å²) in [5, 5.41) is 3.12. The van der Waals surface area contributed by atoms with Gasteiger partial charge < -0.3 is 10.2 Å². The van der Waals surface area contributed by atoms with Gasteiger partial charge in [-0.05, 0) is 43.8 Å². The third-order valence-corrected chi connectivity index (χ3v) is 3.75. The van der Waals surface area contributed by atoms with Crippen molar-refractivity contribution in [2.45, 2.75) is 19.4 Å². The second-order valence-corrected chi connectivity index (χ2v) is 5.21. The Morgan fingerprint density at radius 2 is 2.10 bits per heavy atom. The first-order valence-electron chi connectivity index (χ1n) is 7.19. The van der Waals surface area contributed by atoms with Crippen LogP contribution in [-0.2, 0) is 6.42 Å². The molecule has 0 aliphatic carbocycles. The van der Waals surface area contributed by atoms with E-state index in [1.807, 2.05) is 56.3 Å². The van der Waals surface area contributed by atoms with Gasteiger partial charge in [0.25, 0.3) is 0 Å². The highest BCUT2D eigenvalue weighted by Crippen LogP contribution is 2.22. The zero-order valence-electron chi connectivity index (χ0n) is 12.8. The quantitative estimate of drug-likeness (QED) is 0.884. The summed E-state index contributed by atoms with van der Waals surface area (Å²) in [5.74, 6) is -0.182. The Balaban J connectivity index is 2.04. The minimum atomic E-state index is -0.182. The molecule has 21 heavy (non-hydrogen) atoms. The normalized spacial score (nSPS) is 12.2. The Morgan fingerprint density at radius 1 is 1.29 bits per heavy atom. The monoisotopic (exact) mass is 287 g/mol. The highest BCUT2D eigenvalue weighted by atomic mass is 19.1. The van der Waals surface area contributed by atoms with Gasteiger partial charge in [-0.3, -0.25) is 4.98 Å². The van der Waals surface area contributed by atoms with Crippen LogP contribution >= 0.6 is 0 Å². The molecule has 0 fully saturated rings. The lowest BCUT2D eigenvalue weighted by Gasteiger charge is -2.21. The van der Waals surface area contributed by atoms with Gasteiger partial charge in [-0.15, -0.1) is 0 Å². The Kier molecular flexibility index (Phi) is 5.28. The zero-order chi connectivity index (χ0) is 15.2. The highest BCUT2D eigenvalue weighted by Gasteiger charge is 2.11. The molecule has 0 saturated heterocycles. The Morgan fingerprint density at radius 3 is 2.71 bits per heavy atom. The molecule has 1 atom stereocenters. The van der Waals surface area contributed by atoms with Crippen LogP contribution in [0.1, 0.15) is 24.2 Å². The van der Waals surface area contributed by atoms with Gasteiger partial charge in [-0.2, -0.15) is 0 Å². The molecule has 0 saturated carbocycles. The van der Waals surface area contributed by atoms with Crippen LogP contribution in [0.15, 0.2) is 42.6 Å². The highest BCUT2D eigenvalue weighted by molar-refractivity contribution is 5.49. The molecule has 1 heterocycles. The Hall–Kier alpha value is -1.94. The molecule has 112 valence electrons. The maximum absolute atomic E-state index is 14.2. The van der Waals surface area contributed by atoms with Gasteiger partial charge in [0.2, 0.25) is 0 Å². The Labute approximate surface area is 125 Å². The molecule has 0 aliphatic heterocycles. The third kappa shape index (κ3) is 4.02. The van der Waals surface area contributed by atoms with Crippen LogP contribution in [0.5, 0.6) is 0 Å². The predicted molar refractivity (Wildman–Crippen MR) is 85.1 cm³/mol. The van der Waals surface area contributed by atoms with Crippen molar-refractivity contribution >= 4 is 5.69 Å². The molecule has 1 unspecified atom stereocenters. The topological polar surface area (TPSA) is 28.2 Å². The van der Waals surface area contributed by atoms with E-state index in [4.69, 9.17) is 0 Å². The van der Waals surface area contributed by atoms with Crippen molar-refractivity contribution in [2.75, 3.05) is 25.5 Å². The summed E-state index contributed by atoms with van der Waals surface area (Å²) in [5.41, 5.74) is 2.60. The van der Waals surface area contributed by atoms with Crippen molar-refractivity contribution < 1.29 is 4.39 Å². The number of pyridine rings is 1. The van der Waals surface area contributed by atoms with Crippen LogP contribution in [0.2, 0.25) is 0 Å². The maximum Gasteiger partial charge on any atom is 0.146 e. The standard InChI is InChI=1S/C17H22FN3/c1-13(19-2)14-7-8-17(16(18)12-14)21(3)11-9-15-6-4-5-10-20-15/h4-8,10,12-13,19H,9,11H2,1-3H3. The summed E-state index contributed by atoms with van der Waals surface area (Å²) in [7, 11) is 3.78. The molecule has 0 aliphatic rings. The largest absolute Gasteiger partial charge is 0.372 e. The number of benzene rings is 1. The van der Waals surface area contributed by atoms with E-state index in [-0.39, 0.29) is 11.9 Å². The summed E-state index contributed by atoms with van der Waals surface area (Å²) in [6.45, 7) is 2.74. The van der Waals surface area contributed by atoms with Crippen molar-refractivity contribution in [3.8, 4) is 0 Å². The van der Waals surface area contributed by atoms with Crippen molar-refractivity contribution in [3.63, 3.8) is 0 Å². The molecule has 0 bridgehead atoms. The van der Waals surface area contributed by atoms with Crippen molar-refractivity contribution in [1.82, 2.24) is 10.3 Å². The number of rotatable bonds is 6. The third-order valence-electron chi connectivity index (χ3n) is 3.75. The molecule has 2 rings (SSSR count). The number of hydrogen-bond acceptors (Lipinski definition) is 3. The molecule has 2 aromatic rings. The maximum atomic E-state index is 14.2. The number of anilines is 1. The minimum Gasteiger partial charge on any atom is -0.372 e. The van der Waals surface area contributed by atoms with Crippen LogP contribution in [0.3, 0.4) is 0 Å². The zero-order valence-corrected chi connectivity index (χ0v) is 12.8. The van der Waals surface area contributed by atoms with Crippen molar-refractivity contribution in [2.24, 2.45) is 0 Å². The summed E-state index contributed by atoms with van der Waals surface area (Å²) in [6.07, 6.45) is 2.58. The van der Waals surface area contributed by atoms with Crippen LogP contribution in [-0.4, -0.2) is 25.6 Å². The van der Waals surface area contributed by atoms with Crippen LogP contribution < -0.4 is 10.2 Å². The first-order valence-corrected chi connectivity index (χ1v) is 7.19. The number of aromatic nitrogens is 1. The van der Waals surface area contributed by atoms with Gasteiger partial charge in [0, 0.05) is 37.9 Å². The number of hydrogen-bond donors (Lipinski definition) is 1. The van der Waals surface area contributed by atoms with Crippen LogP contribution in [0.25, 0.3) is 0 Å². The fraction of sp³-hybridized carbons (Fsp3) is 0.353. The van der Waals surface area contributed by atoms with Crippen molar-refractivity contribution in [3.05, 3.63) is 59.7 Å². The lowest BCUT2D eigenvalue weighted by Crippen LogP contribution is -2.22. The van der Waals surface area contributed by atoms with E-state index in [1.54, 1.807) is 12.3 Å². The number of nitrogens with one attached hydrogen (secondary N) is 1. The predicted octanol–water partition coefficient (Wildman–Crippen LogP) is 3.18. The van der Waals surface area contributed by atoms with E-state index in [2.05, 4.69) is 10.3 Å². The fourth-order valence-corrected chi connectivity index (χ4v) is 2.22. The average molecular weight is 287 g/mol. The molecule has 1 aromatic heterocycles. The lowest BCUT2D eigenvalue weighted by molar-refractivity contribution is 0.604. The molecule has 1 N–H and O–H groups in total. The number of likely N-dealkylation sites (N-methyl/N-ethyl adjacent to an activating group) is 1. The molecule has 4 heteroatoms. The van der Waals surface area contributed by atoms with Crippen LogP contribution in [0, 0.1) is 5.82 Å². The molecule has 0 amide bonds. The molecular formula is C17H22FN3. The first kappa shape index (κ1) is 15.4. The molecule has 0 spiro atoms. The van der Waals surface area contributed by atoms with E-state index < -0.39 is 0 Å². The second kappa shape index (κ2) is 7.18. The van der Waals surface area contributed by atoms with E-state index in [9.17, 15) is 4.39 Å². The van der Waals surface area contributed by atoms with E-state index in [0.717, 1.165) is 24.2 Å². The summed E-state index contributed by atoms with van der Waals surface area (Å²) < 4.78 is 14.2. The lowest BCUT2D eigenvalue weighted by atomic mass is 10.1. The van der Waals surface area contributed by atoms with Gasteiger partial charge in [0.15, 0.2) is 0 Å². The van der Waals surface area contributed by atoms with Gasteiger partial charge in [-0.1, -0.05) is 12.1 Å². The minimum absolute atomic E-state index is 0.146. The summed E-state index contributed by atoms with van der Waals surface area (Å²) in [6, 6.07) is 11.4. The molecule has 3 nitrogen and oxygen atoms in total. The van der Waals surface area contributed by atoms with Gasteiger partial charge in [-0.25, -0.2) is 4.39 Å². The summed E-state index contributed by atoms with van der Waals surface area (Å²) in [4.78, 5) is 6.21. The molecule has 1 aromatic carbocycles. The van der Waals surface area contributed by atoms with Crippen LogP contribution in [0.4, 0.5) is 10.1 Å². The second-order valence-electron chi connectivity index (χ2n) is 5.21. The van der Waals surface area contributed by atoms with Crippen molar-refractivity contribution in [1.29, 1.82) is 0 Å². The van der Waals surface area contributed by atoms with Gasteiger partial charge in [0.1, 0.15) is 5.82 Å². The Bertz CT molecular complexity index is 572.